The number of hydrogen-bond donors (Lipinski definition) is 1. The van der Waals surface area contributed by atoms with E-state index in [1.807, 2.05) is 26.2 Å². The summed E-state index contributed by atoms with van der Waals surface area (Å²) in [7, 11) is 3.74. The molecule has 84 valence electrons. The summed E-state index contributed by atoms with van der Waals surface area (Å²) in [6, 6.07) is 8.20. The van der Waals surface area contributed by atoms with Crippen LogP contribution in [0, 0.1) is 5.92 Å². The second kappa shape index (κ2) is 5.29. The predicted octanol–water partition coefficient (Wildman–Crippen LogP) is 2.44. The molecule has 0 saturated carbocycles. The molecule has 0 aliphatic heterocycles. The van der Waals surface area contributed by atoms with E-state index >= 15 is 0 Å². The van der Waals surface area contributed by atoms with E-state index in [4.69, 9.17) is 0 Å². The van der Waals surface area contributed by atoms with Gasteiger partial charge in [-0.1, -0.05) is 38.1 Å². The average Bonchev–Trinajstić information content (AvgIpc) is 2.17. The Labute approximate surface area is 92.5 Å². The maximum Gasteiger partial charge on any atom is 0.133 e. The van der Waals surface area contributed by atoms with E-state index in [1.165, 1.54) is 5.56 Å². The first kappa shape index (κ1) is 12.2. The lowest BCUT2D eigenvalue weighted by Crippen LogP contribution is -2.19. The molecule has 2 nitrogen and oxygen atoms in total. The summed E-state index contributed by atoms with van der Waals surface area (Å²) >= 11 is 0. The average molecular weight is 207 g/mol. The van der Waals surface area contributed by atoms with Crippen molar-refractivity contribution in [2.45, 2.75) is 26.5 Å². The topological polar surface area (TPSA) is 23.5 Å². The van der Waals surface area contributed by atoms with Gasteiger partial charge in [0.2, 0.25) is 0 Å². The summed E-state index contributed by atoms with van der Waals surface area (Å²) in [5.74, 6) is 0.676. The zero-order valence-electron chi connectivity index (χ0n) is 10.1. The highest BCUT2D eigenvalue weighted by molar-refractivity contribution is 5.24. The molecule has 0 saturated heterocycles. The van der Waals surface area contributed by atoms with Crippen LogP contribution in [-0.2, 0) is 6.42 Å². The van der Waals surface area contributed by atoms with Gasteiger partial charge in [0, 0.05) is 0 Å². The highest BCUT2D eigenvalue weighted by Gasteiger charge is 2.08. The Balaban J connectivity index is 2.72. The number of aliphatic hydroxyl groups is 1. The maximum atomic E-state index is 9.80. The summed E-state index contributed by atoms with van der Waals surface area (Å²) in [4.78, 5) is 1.79. The minimum absolute atomic E-state index is 0.502. The lowest BCUT2D eigenvalue weighted by molar-refractivity contribution is 0.0395. The smallest absolute Gasteiger partial charge is 0.133 e. The second-order valence-corrected chi connectivity index (χ2v) is 4.68. The van der Waals surface area contributed by atoms with E-state index in [9.17, 15) is 5.11 Å². The number of nitrogens with zero attached hydrogens (tertiary/aromatic N) is 1. The highest BCUT2D eigenvalue weighted by Crippen LogP contribution is 2.16. The fourth-order valence-electron chi connectivity index (χ4n) is 1.60. The van der Waals surface area contributed by atoms with Crippen LogP contribution < -0.4 is 0 Å². The van der Waals surface area contributed by atoms with E-state index in [-0.39, 0.29) is 0 Å². The van der Waals surface area contributed by atoms with Gasteiger partial charge in [-0.25, -0.2) is 0 Å². The third-order valence-electron chi connectivity index (χ3n) is 2.41. The van der Waals surface area contributed by atoms with Gasteiger partial charge in [-0.15, -0.1) is 0 Å². The molecule has 0 heterocycles. The number of aliphatic hydroxyl groups excluding tert-OH is 1. The van der Waals surface area contributed by atoms with Crippen molar-refractivity contribution in [2.75, 3.05) is 14.1 Å². The Morgan fingerprint density at radius 1 is 1.13 bits per heavy atom. The van der Waals surface area contributed by atoms with Crippen LogP contribution in [0.15, 0.2) is 24.3 Å². The molecule has 0 spiro atoms. The molecule has 0 aromatic heterocycles. The molecule has 1 N–H and O–H groups in total. The fraction of sp³-hybridized carbons (Fsp3) is 0.538. The monoisotopic (exact) mass is 207 g/mol. The summed E-state index contributed by atoms with van der Waals surface area (Å²) in [5, 5.41) is 9.80. The van der Waals surface area contributed by atoms with Crippen molar-refractivity contribution in [2.24, 2.45) is 5.92 Å². The van der Waals surface area contributed by atoms with Crippen LogP contribution in [0.5, 0.6) is 0 Å². The van der Waals surface area contributed by atoms with Crippen LogP contribution >= 0.6 is 0 Å². The minimum atomic E-state index is -0.502. The van der Waals surface area contributed by atoms with Crippen LogP contribution in [0.25, 0.3) is 0 Å². The van der Waals surface area contributed by atoms with Crippen molar-refractivity contribution in [3.05, 3.63) is 35.4 Å². The molecule has 0 amide bonds. The van der Waals surface area contributed by atoms with Crippen molar-refractivity contribution >= 4 is 0 Å². The van der Waals surface area contributed by atoms with Gasteiger partial charge >= 0.3 is 0 Å². The third kappa shape index (κ3) is 3.65. The predicted molar refractivity (Wildman–Crippen MR) is 63.6 cm³/mol. The van der Waals surface area contributed by atoms with E-state index < -0.39 is 6.23 Å². The summed E-state index contributed by atoms with van der Waals surface area (Å²) in [5.41, 5.74) is 2.28. The minimum Gasteiger partial charge on any atom is -0.374 e. The molecule has 0 aliphatic carbocycles. The van der Waals surface area contributed by atoms with Gasteiger partial charge in [0.15, 0.2) is 0 Å². The fourth-order valence-corrected chi connectivity index (χ4v) is 1.60. The summed E-state index contributed by atoms with van der Waals surface area (Å²) < 4.78 is 0. The van der Waals surface area contributed by atoms with Crippen LogP contribution in [-0.4, -0.2) is 24.1 Å². The number of benzene rings is 1. The summed E-state index contributed by atoms with van der Waals surface area (Å²) in [6.07, 6.45) is 0.594. The second-order valence-electron chi connectivity index (χ2n) is 4.68. The van der Waals surface area contributed by atoms with Gasteiger partial charge in [0.05, 0.1) is 0 Å². The molecule has 0 aliphatic rings. The van der Waals surface area contributed by atoms with Gasteiger partial charge in [-0.05, 0) is 37.6 Å². The lowest BCUT2D eigenvalue weighted by Gasteiger charge is -2.19. The Morgan fingerprint density at radius 2 is 1.67 bits per heavy atom. The van der Waals surface area contributed by atoms with Gasteiger partial charge in [0.1, 0.15) is 6.23 Å². The van der Waals surface area contributed by atoms with Crippen molar-refractivity contribution < 1.29 is 5.11 Å². The molecule has 1 unspecified atom stereocenters. The van der Waals surface area contributed by atoms with Gasteiger partial charge in [0.25, 0.3) is 0 Å². The molecule has 0 fully saturated rings. The molecule has 1 atom stereocenters. The van der Waals surface area contributed by atoms with E-state index in [0.717, 1.165) is 12.0 Å². The Hall–Kier alpha value is -0.860. The zero-order chi connectivity index (χ0) is 11.4. The first-order chi connectivity index (χ1) is 7.00. The van der Waals surface area contributed by atoms with Crippen LogP contribution in [0.4, 0.5) is 0 Å². The normalized spacial score (nSPS) is 13.5. The zero-order valence-corrected chi connectivity index (χ0v) is 10.1. The van der Waals surface area contributed by atoms with Crippen LogP contribution in [0.1, 0.15) is 31.2 Å². The van der Waals surface area contributed by atoms with Crippen molar-refractivity contribution in [1.29, 1.82) is 0 Å². The molecule has 0 radical (unpaired) electrons. The SMILES string of the molecule is CC(C)Cc1ccc(C(O)N(C)C)cc1. The van der Waals surface area contributed by atoms with Gasteiger partial charge < -0.3 is 5.11 Å². The Bertz CT molecular complexity index is 290. The number of hydrogen-bond acceptors (Lipinski definition) is 2. The number of rotatable bonds is 4. The lowest BCUT2D eigenvalue weighted by atomic mass is 10.0. The molecule has 15 heavy (non-hydrogen) atoms. The van der Waals surface area contributed by atoms with Gasteiger partial charge in [-0.2, -0.15) is 0 Å². The molecule has 1 aromatic carbocycles. The molecular weight excluding hydrogens is 186 g/mol. The van der Waals surface area contributed by atoms with Crippen LogP contribution in [0.2, 0.25) is 0 Å². The summed E-state index contributed by atoms with van der Waals surface area (Å²) in [6.45, 7) is 4.42. The molecule has 0 bridgehead atoms. The molecule has 1 aromatic rings. The van der Waals surface area contributed by atoms with Crippen LogP contribution in [0.3, 0.4) is 0 Å². The highest BCUT2D eigenvalue weighted by atomic mass is 16.3. The Morgan fingerprint density at radius 3 is 2.07 bits per heavy atom. The van der Waals surface area contributed by atoms with E-state index in [1.54, 1.807) is 4.90 Å². The first-order valence-electron chi connectivity index (χ1n) is 5.44. The van der Waals surface area contributed by atoms with Crippen molar-refractivity contribution in [3.8, 4) is 0 Å². The van der Waals surface area contributed by atoms with E-state index in [2.05, 4.69) is 26.0 Å². The molecular formula is C13H21NO. The van der Waals surface area contributed by atoms with Crippen molar-refractivity contribution in [3.63, 3.8) is 0 Å². The quantitative estimate of drug-likeness (QED) is 0.767. The van der Waals surface area contributed by atoms with Crippen molar-refractivity contribution in [1.82, 2.24) is 4.90 Å². The van der Waals surface area contributed by atoms with Gasteiger partial charge in [-0.3, -0.25) is 4.90 Å². The standard InChI is InChI=1S/C13H21NO/c1-10(2)9-11-5-7-12(8-6-11)13(15)14(3)4/h5-8,10,13,15H,9H2,1-4H3. The molecule has 2 heteroatoms. The largest absolute Gasteiger partial charge is 0.374 e. The Kier molecular flexibility index (Phi) is 4.30. The third-order valence-corrected chi connectivity index (χ3v) is 2.41. The maximum absolute atomic E-state index is 9.80. The first-order valence-corrected chi connectivity index (χ1v) is 5.44. The molecule has 1 rings (SSSR count). The van der Waals surface area contributed by atoms with E-state index in [0.29, 0.717) is 5.92 Å².